The predicted molar refractivity (Wildman–Crippen MR) is 140 cm³/mol. The first-order valence-electron chi connectivity index (χ1n) is 12.7. The molecule has 1 aromatic rings. The number of halogens is 1. The van der Waals surface area contributed by atoms with Gasteiger partial charge >= 0.3 is 0 Å². The van der Waals surface area contributed by atoms with Crippen LogP contribution in [0, 0.1) is 6.92 Å². The van der Waals surface area contributed by atoms with Gasteiger partial charge in [-0.3, -0.25) is 0 Å². The molecule has 0 spiro atoms. The van der Waals surface area contributed by atoms with Crippen LogP contribution in [-0.4, -0.2) is 49.0 Å². The summed E-state index contributed by atoms with van der Waals surface area (Å²) in [7, 11) is -4.27. The van der Waals surface area contributed by atoms with E-state index in [0.717, 1.165) is 5.56 Å². The maximum atomic E-state index is 10.4. The van der Waals surface area contributed by atoms with Crippen LogP contribution >= 0.6 is 15.9 Å². The summed E-state index contributed by atoms with van der Waals surface area (Å²) in [5.74, 6) is 0. The average molecular weight is 535 g/mol. The van der Waals surface area contributed by atoms with Gasteiger partial charge < -0.3 is 9.04 Å². The van der Waals surface area contributed by atoms with Crippen LogP contribution in [0.15, 0.2) is 29.2 Å². The standard InChI is InChI=1S/C19H41BrN.C7H8O3S/c1-4-7-10-13-17-21(19-15-20,16-12-9-6-3)18-14-11-8-5-2;1-6-2-4-7(5-3-6)11(8,9)10/h4-19H2,1-3H3;2-5H,1H3,(H,8,9,10)/q+1;/p-1. The van der Waals surface area contributed by atoms with Crippen LogP contribution in [0.5, 0.6) is 0 Å². The minimum atomic E-state index is -4.27. The van der Waals surface area contributed by atoms with Crippen molar-refractivity contribution in [3.05, 3.63) is 29.8 Å². The summed E-state index contributed by atoms with van der Waals surface area (Å²) >= 11 is 3.72. The van der Waals surface area contributed by atoms with E-state index in [1.807, 2.05) is 6.92 Å². The van der Waals surface area contributed by atoms with Gasteiger partial charge in [-0.1, -0.05) is 86.5 Å². The average Bonchev–Trinajstić information content (AvgIpc) is 2.75. The number of rotatable bonds is 17. The van der Waals surface area contributed by atoms with Gasteiger partial charge in [-0.05, 0) is 57.6 Å². The quantitative estimate of drug-likeness (QED) is 0.0903. The first-order chi connectivity index (χ1) is 15.2. The Kier molecular flexibility index (Phi) is 18.7. The highest BCUT2D eigenvalue weighted by Gasteiger charge is 2.25. The highest BCUT2D eigenvalue weighted by Crippen LogP contribution is 2.17. The van der Waals surface area contributed by atoms with Crippen LogP contribution in [-0.2, 0) is 10.1 Å². The summed E-state index contributed by atoms with van der Waals surface area (Å²) in [6.07, 6.45) is 15.4. The Hall–Kier alpha value is -0.430. The fourth-order valence-electron chi connectivity index (χ4n) is 4.00. The zero-order valence-electron chi connectivity index (χ0n) is 21.1. The molecule has 1 aromatic carbocycles. The fraction of sp³-hybridized carbons (Fsp3) is 0.769. The van der Waals surface area contributed by atoms with Gasteiger partial charge in [0.05, 0.1) is 36.4 Å². The van der Waals surface area contributed by atoms with E-state index in [1.165, 1.54) is 119 Å². The lowest BCUT2D eigenvalue weighted by Crippen LogP contribution is -2.51. The molecule has 0 unspecified atom stereocenters. The van der Waals surface area contributed by atoms with E-state index < -0.39 is 10.1 Å². The third-order valence-corrected chi connectivity index (χ3v) is 7.28. The molecular weight excluding hydrogens is 486 g/mol. The lowest BCUT2D eigenvalue weighted by atomic mass is 10.1. The highest BCUT2D eigenvalue weighted by atomic mass is 79.9. The van der Waals surface area contributed by atoms with Gasteiger partial charge in [0.2, 0.25) is 0 Å². The molecule has 0 saturated heterocycles. The van der Waals surface area contributed by atoms with Crippen molar-refractivity contribution < 1.29 is 17.5 Å². The molecule has 188 valence electrons. The molecule has 0 atom stereocenters. The minimum absolute atomic E-state index is 0.178. The van der Waals surface area contributed by atoms with Gasteiger partial charge in [-0.2, -0.15) is 0 Å². The summed E-state index contributed by atoms with van der Waals surface area (Å²) in [6, 6.07) is 5.78. The normalized spacial score (nSPS) is 11.8. The Balaban J connectivity index is 0.000000726. The van der Waals surface area contributed by atoms with Crippen LogP contribution in [0.25, 0.3) is 0 Å². The monoisotopic (exact) mass is 533 g/mol. The summed E-state index contributed by atoms with van der Waals surface area (Å²) in [5, 5.41) is 1.17. The van der Waals surface area contributed by atoms with Crippen LogP contribution in [0.4, 0.5) is 0 Å². The van der Waals surface area contributed by atoms with E-state index >= 15 is 0 Å². The molecule has 0 N–H and O–H groups in total. The second-order valence-electron chi connectivity index (χ2n) is 9.02. The van der Waals surface area contributed by atoms with Crippen molar-refractivity contribution in [1.82, 2.24) is 0 Å². The van der Waals surface area contributed by atoms with Gasteiger partial charge in [0.15, 0.2) is 0 Å². The molecule has 0 aliphatic heterocycles. The van der Waals surface area contributed by atoms with E-state index in [9.17, 15) is 13.0 Å². The van der Waals surface area contributed by atoms with Crippen LogP contribution in [0.2, 0.25) is 0 Å². The van der Waals surface area contributed by atoms with Crippen molar-refractivity contribution in [2.45, 2.75) is 103 Å². The fourth-order valence-corrected chi connectivity index (χ4v) is 5.22. The zero-order chi connectivity index (χ0) is 24.3. The number of nitrogens with zero attached hydrogens (tertiary/aromatic N) is 1. The third-order valence-electron chi connectivity index (χ3n) is 6.08. The first-order valence-corrected chi connectivity index (χ1v) is 15.2. The molecule has 6 heteroatoms. The second kappa shape index (κ2) is 18.9. The Morgan fingerprint density at radius 3 is 1.50 bits per heavy atom. The number of benzene rings is 1. The van der Waals surface area contributed by atoms with Gasteiger partial charge in [0, 0.05) is 0 Å². The zero-order valence-corrected chi connectivity index (χ0v) is 23.5. The summed E-state index contributed by atoms with van der Waals surface area (Å²) < 4.78 is 32.6. The minimum Gasteiger partial charge on any atom is -0.744 e. The van der Waals surface area contributed by atoms with Crippen molar-refractivity contribution in [3.63, 3.8) is 0 Å². The smallest absolute Gasteiger partial charge is 0.124 e. The molecule has 0 aliphatic rings. The van der Waals surface area contributed by atoms with E-state index in [0.29, 0.717) is 0 Å². The maximum Gasteiger partial charge on any atom is 0.124 e. The van der Waals surface area contributed by atoms with Gasteiger partial charge in [-0.25, -0.2) is 8.42 Å². The summed E-state index contributed by atoms with van der Waals surface area (Å²) in [4.78, 5) is -0.178. The van der Waals surface area contributed by atoms with Crippen molar-refractivity contribution in [1.29, 1.82) is 0 Å². The molecule has 0 bridgehead atoms. The second-order valence-corrected chi connectivity index (χ2v) is 11.2. The van der Waals surface area contributed by atoms with E-state index in [-0.39, 0.29) is 4.90 Å². The van der Waals surface area contributed by atoms with Gasteiger partial charge in [-0.15, -0.1) is 0 Å². The molecule has 32 heavy (non-hydrogen) atoms. The van der Waals surface area contributed by atoms with E-state index in [2.05, 4.69) is 36.7 Å². The highest BCUT2D eigenvalue weighted by molar-refractivity contribution is 9.09. The maximum absolute atomic E-state index is 10.4. The van der Waals surface area contributed by atoms with Crippen molar-refractivity contribution in [2.75, 3.05) is 31.5 Å². The van der Waals surface area contributed by atoms with Crippen molar-refractivity contribution in [2.24, 2.45) is 0 Å². The topological polar surface area (TPSA) is 57.2 Å². The Morgan fingerprint density at radius 2 is 1.12 bits per heavy atom. The van der Waals surface area contributed by atoms with Crippen molar-refractivity contribution in [3.8, 4) is 0 Å². The molecule has 1 rings (SSSR count). The molecule has 0 aliphatic carbocycles. The Morgan fingerprint density at radius 1 is 0.719 bits per heavy atom. The number of alkyl halides is 1. The van der Waals surface area contributed by atoms with Crippen molar-refractivity contribution >= 4 is 26.0 Å². The number of hydrogen-bond donors (Lipinski definition) is 0. The Labute approximate surface area is 207 Å². The van der Waals surface area contributed by atoms with E-state index in [1.54, 1.807) is 12.1 Å². The van der Waals surface area contributed by atoms with Gasteiger partial charge in [0.25, 0.3) is 0 Å². The number of hydrogen-bond acceptors (Lipinski definition) is 3. The van der Waals surface area contributed by atoms with Crippen LogP contribution in [0.3, 0.4) is 0 Å². The lowest BCUT2D eigenvalue weighted by Gasteiger charge is -2.39. The summed E-state index contributed by atoms with van der Waals surface area (Å²) in [6.45, 7) is 14.4. The molecule has 0 aromatic heterocycles. The number of unbranched alkanes of at least 4 members (excludes halogenated alkanes) is 8. The summed E-state index contributed by atoms with van der Waals surface area (Å²) in [5.41, 5.74) is 0.928. The molecule has 0 heterocycles. The van der Waals surface area contributed by atoms with E-state index in [4.69, 9.17) is 0 Å². The van der Waals surface area contributed by atoms with Crippen LogP contribution in [0.1, 0.15) is 97.0 Å². The van der Waals surface area contributed by atoms with Gasteiger partial charge in [0.1, 0.15) is 10.1 Å². The Bertz CT molecular complexity index is 650. The lowest BCUT2D eigenvalue weighted by molar-refractivity contribution is -0.926. The molecular formula is C26H48BrNO3S. The molecule has 0 saturated carbocycles. The largest absolute Gasteiger partial charge is 0.744 e. The molecule has 0 amide bonds. The molecule has 0 fully saturated rings. The first kappa shape index (κ1) is 31.6. The predicted octanol–water partition coefficient (Wildman–Crippen LogP) is 7.45. The van der Waals surface area contributed by atoms with Crippen LogP contribution < -0.4 is 0 Å². The number of quaternary nitrogens is 1. The third kappa shape index (κ3) is 15.4. The number of aryl methyl sites for hydroxylation is 1. The molecule has 4 nitrogen and oxygen atoms in total. The molecule has 0 radical (unpaired) electrons. The SMILES string of the molecule is CCCCCC[N+](CCBr)(CCCCC)CCCCCC.Cc1ccc(S(=O)(=O)[O-])cc1.